The van der Waals surface area contributed by atoms with Crippen molar-refractivity contribution in [2.24, 2.45) is 11.3 Å². The van der Waals surface area contributed by atoms with Gasteiger partial charge in [-0.05, 0) is 48.1 Å². The summed E-state index contributed by atoms with van der Waals surface area (Å²) in [5.74, 6) is 0.768. The van der Waals surface area contributed by atoms with E-state index in [4.69, 9.17) is 4.98 Å². The number of amides is 2. The summed E-state index contributed by atoms with van der Waals surface area (Å²) in [6.07, 6.45) is 4.89. The SMILES string of the molecule is CC(=O)N1CCC(CC(=O)N2CCN(C(c3ccccc3)c3ccc(-c4nc(C5(C)CC5)cs4)cc3)C[C@@H]2C(C)(C)C)CC1. The molecule has 3 aliphatic rings. The zero-order chi connectivity index (χ0) is 31.1. The predicted octanol–water partition coefficient (Wildman–Crippen LogP) is 7.16. The Kier molecular flexibility index (Phi) is 8.73. The van der Waals surface area contributed by atoms with Crippen molar-refractivity contribution < 1.29 is 9.59 Å². The molecule has 6 nitrogen and oxygen atoms in total. The van der Waals surface area contributed by atoms with Crippen LogP contribution in [-0.4, -0.2) is 70.3 Å². The summed E-state index contributed by atoms with van der Waals surface area (Å²) in [6.45, 7) is 14.7. The van der Waals surface area contributed by atoms with Crippen LogP contribution in [0.1, 0.15) is 89.6 Å². The second kappa shape index (κ2) is 12.4. The zero-order valence-corrected chi connectivity index (χ0v) is 27.9. The minimum Gasteiger partial charge on any atom is -0.343 e. The number of carbonyl (C=O) groups excluding carboxylic acids is 2. The van der Waals surface area contributed by atoms with Gasteiger partial charge in [-0.15, -0.1) is 11.3 Å². The van der Waals surface area contributed by atoms with Crippen LogP contribution in [0.5, 0.6) is 0 Å². The largest absolute Gasteiger partial charge is 0.343 e. The normalized spacial score (nSPS) is 21.7. The van der Waals surface area contributed by atoms with Gasteiger partial charge in [-0.3, -0.25) is 14.5 Å². The molecule has 0 N–H and O–H groups in total. The maximum atomic E-state index is 13.8. The van der Waals surface area contributed by atoms with Crippen LogP contribution in [-0.2, 0) is 15.0 Å². The lowest BCUT2D eigenvalue weighted by molar-refractivity contribution is -0.141. The van der Waals surface area contributed by atoms with E-state index in [0.29, 0.717) is 12.3 Å². The van der Waals surface area contributed by atoms with Crippen LogP contribution in [0.3, 0.4) is 0 Å². The van der Waals surface area contributed by atoms with Crippen LogP contribution < -0.4 is 0 Å². The third kappa shape index (κ3) is 6.64. The van der Waals surface area contributed by atoms with E-state index in [1.807, 2.05) is 4.90 Å². The number of piperazine rings is 1. The minimum atomic E-state index is -0.0574. The Hall–Kier alpha value is -3.03. The summed E-state index contributed by atoms with van der Waals surface area (Å²) in [7, 11) is 0. The van der Waals surface area contributed by atoms with Crippen LogP contribution in [0.4, 0.5) is 0 Å². The number of hydrogen-bond donors (Lipinski definition) is 0. The highest BCUT2D eigenvalue weighted by Gasteiger charge is 2.42. The maximum absolute atomic E-state index is 13.8. The molecule has 0 spiro atoms. The van der Waals surface area contributed by atoms with E-state index in [2.05, 4.69) is 97.5 Å². The Morgan fingerprint density at radius 3 is 2.23 bits per heavy atom. The van der Waals surface area contributed by atoms with Gasteiger partial charge < -0.3 is 9.80 Å². The minimum absolute atomic E-state index is 0.0574. The number of rotatable bonds is 7. The Morgan fingerprint density at radius 1 is 0.955 bits per heavy atom. The number of nitrogens with zero attached hydrogens (tertiary/aromatic N) is 4. The smallest absolute Gasteiger partial charge is 0.223 e. The first-order valence-corrected chi connectivity index (χ1v) is 17.3. The highest BCUT2D eigenvalue weighted by atomic mass is 32.1. The number of carbonyl (C=O) groups is 2. The van der Waals surface area contributed by atoms with Gasteiger partial charge >= 0.3 is 0 Å². The van der Waals surface area contributed by atoms with E-state index in [1.54, 1.807) is 18.3 Å². The molecule has 1 unspecified atom stereocenters. The fraction of sp³-hybridized carbons (Fsp3) is 0.541. The van der Waals surface area contributed by atoms with Gasteiger partial charge in [0.2, 0.25) is 11.8 Å². The molecule has 44 heavy (non-hydrogen) atoms. The second-order valence-corrected chi connectivity index (χ2v) is 15.5. The second-order valence-electron chi connectivity index (χ2n) is 14.7. The van der Waals surface area contributed by atoms with Gasteiger partial charge in [0.25, 0.3) is 0 Å². The highest BCUT2D eigenvalue weighted by Crippen LogP contribution is 2.48. The predicted molar refractivity (Wildman–Crippen MR) is 179 cm³/mol. The van der Waals surface area contributed by atoms with Crippen molar-refractivity contribution in [2.45, 2.75) is 84.2 Å². The molecule has 3 heterocycles. The molecule has 6 rings (SSSR count). The van der Waals surface area contributed by atoms with E-state index in [-0.39, 0.29) is 34.7 Å². The topological polar surface area (TPSA) is 56.8 Å². The van der Waals surface area contributed by atoms with Gasteiger partial charge in [0.1, 0.15) is 5.01 Å². The van der Waals surface area contributed by atoms with Crippen LogP contribution in [0, 0.1) is 11.3 Å². The first kappa shape index (κ1) is 31.0. The lowest BCUT2D eigenvalue weighted by Crippen LogP contribution is -2.60. The molecular weight excluding hydrogens is 565 g/mol. The molecular formula is C37H48N4O2S. The molecule has 2 amide bonds. The average molecular weight is 613 g/mol. The van der Waals surface area contributed by atoms with Crippen LogP contribution in [0.25, 0.3) is 10.6 Å². The summed E-state index contributed by atoms with van der Waals surface area (Å²) >= 11 is 1.75. The van der Waals surface area contributed by atoms with Gasteiger partial charge in [0.05, 0.1) is 11.7 Å². The summed E-state index contributed by atoms with van der Waals surface area (Å²) in [4.78, 5) is 37.3. The molecule has 0 radical (unpaired) electrons. The van der Waals surface area contributed by atoms with E-state index in [0.717, 1.165) is 50.6 Å². The molecule has 0 bridgehead atoms. The van der Waals surface area contributed by atoms with Gasteiger partial charge in [-0.25, -0.2) is 4.98 Å². The van der Waals surface area contributed by atoms with Crippen molar-refractivity contribution in [1.29, 1.82) is 0 Å². The number of aromatic nitrogens is 1. The van der Waals surface area contributed by atoms with Crippen LogP contribution >= 0.6 is 11.3 Å². The van der Waals surface area contributed by atoms with Gasteiger partial charge in [0, 0.05) is 68.5 Å². The monoisotopic (exact) mass is 612 g/mol. The molecule has 2 aromatic carbocycles. The molecule has 7 heteroatoms. The van der Waals surface area contributed by atoms with Crippen LogP contribution in [0.15, 0.2) is 60.0 Å². The Morgan fingerprint density at radius 2 is 1.61 bits per heavy atom. The lowest BCUT2D eigenvalue weighted by atomic mass is 9.82. The molecule has 234 valence electrons. The zero-order valence-electron chi connectivity index (χ0n) is 27.1. The van der Waals surface area contributed by atoms with Gasteiger partial charge in [-0.2, -0.15) is 0 Å². The first-order valence-electron chi connectivity index (χ1n) is 16.4. The summed E-state index contributed by atoms with van der Waals surface area (Å²) < 4.78 is 0. The first-order chi connectivity index (χ1) is 21.0. The lowest BCUT2D eigenvalue weighted by Gasteiger charge is -2.50. The maximum Gasteiger partial charge on any atom is 0.223 e. The Labute approximate surface area is 267 Å². The van der Waals surface area contributed by atoms with Crippen molar-refractivity contribution >= 4 is 23.2 Å². The molecule has 3 aromatic rings. The van der Waals surface area contributed by atoms with Crippen molar-refractivity contribution in [3.63, 3.8) is 0 Å². The fourth-order valence-corrected chi connectivity index (χ4v) is 8.06. The number of piperidine rings is 1. The van der Waals surface area contributed by atoms with Crippen molar-refractivity contribution in [2.75, 3.05) is 32.7 Å². The van der Waals surface area contributed by atoms with Gasteiger partial charge in [0.15, 0.2) is 0 Å². The summed E-state index contributed by atoms with van der Waals surface area (Å²) in [5, 5.41) is 3.34. The summed E-state index contributed by atoms with van der Waals surface area (Å²) in [5.41, 5.74) is 5.20. The standard InChI is InChI=1S/C37H48N4O2S/c1-26(42)39-19-15-27(16-20-39)23-33(43)41-22-21-40(24-32(41)36(2,3)4)34(28-9-7-6-8-10-28)29-11-13-30(14-12-29)35-38-31(25-44-35)37(5)17-18-37/h6-14,25,27,32,34H,15-24H2,1-5H3/t32-,34?/m1/s1. The number of thiazole rings is 1. The van der Waals surface area contributed by atoms with Gasteiger partial charge in [-0.1, -0.05) is 82.3 Å². The molecule has 2 saturated heterocycles. The molecule has 2 atom stereocenters. The van der Waals surface area contributed by atoms with Crippen molar-refractivity contribution in [1.82, 2.24) is 19.7 Å². The molecule has 1 saturated carbocycles. The fourth-order valence-electron chi connectivity index (χ4n) is 7.08. The van der Waals surface area contributed by atoms with Crippen molar-refractivity contribution in [3.8, 4) is 10.6 Å². The molecule has 3 fully saturated rings. The number of likely N-dealkylation sites (tertiary alicyclic amines) is 1. The van der Waals surface area contributed by atoms with Crippen LogP contribution in [0.2, 0.25) is 0 Å². The third-order valence-corrected chi connectivity index (χ3v) is 11.2. The van der Waals surface area contributed by atoms with E-state index in [1.165, 1.54) is 35.2 Å². The number of benzene rings is 2. The van der Waals surface area contributed by atoms with E-state index >= 15 is 0 Å². The average Bonchev–Trinajstić information content (AvgIpc) is 3.56. The van der Waals surface area contributed by atoms with Crippen molar-refractivity contribution in [3.05, 3.63) is 76.8 Å². The Bertz CT molecular complexity index is 1450. The molecule has 1 aromatic heterocycles. The highest BCUT2D eigenvalue weighted by molar-refractivity contribution is 7.13. The quantitative estimate of drug-likeness (QED) is 0.284. The van der Waals surface area contributed by atoms with E-state index < -0.39 is 0 Å². The third-order valence-electron chi connectivity index (χ3n) is 10.3. The van der Waals surface area contributed by atoms with E-state index in [9.17, 15) is 9.59 Å². The number of hydrogen-bond acceptors (Lipinski definition) is 5. The summed E-state index contributed by atoms with van der Waals surface area (Å²) in [6, 6.07) is 20.1. The molecule has 2 aliphatic heterocycles. The molecule has 1 aliphatic carbocycles. The Balaban J connectivity index is 1.20.